The molecule has 3 fully saturated rings. The average molecular weight is 335 g/mol. The summed E-state index contributed by atoms with van der Waals surface area (Å²) < 4.78 is 0. The number of rotatable bonds is 3. The summed E-state index contributed by atoms with van der Waals surface area (Å²) in [6.45, 7) is 0. The highest BCUT2D eigenvalue weighted by Gasteiger charge is 2.73. The zero-order chi connectivity index (χ0) is 17.3. The Balaban J connectivity index is 1.38. The minimum atomic E-state index is -0.182. The maximum absolute atomic E-state index is 12.8. The normalized spacial score (nSPS) is 33.8. The fraction of sp³-hybridized carbons (Fsp3) is 0.450. The first kappa shape index (κ1) is 14.9. The Morgan fingerprint density at radius 1 is 1.04 bits per heavy atom. The van der Waals surface area contributed by atoms with Crippen LogP contribution in [0.3, 0.4) is 0 Å². The van der Waals surface area contributed by atoms with Crippen molar-refractivity contribution in [3.63, 3.8) is 0 Å². The Labute approximate surface area is 147 Å². The van der Waals surface area contributed by atoms with Crippen molar-refractivity contribution in [3.05, 3.63) is 42.0 Å². The molecule has 128 valence electrons. The van der Waals surface area contributed by atoms with Crippen LogP contribution in [0.1, 0.15) is 18.4 Å². The van der Waals surface area contributed by atoms with Crippen LogP contribution in [0.25, 0.3) is 0 Å². The van der Waals surface area contributed by atoms with Gasteiger partial charge >= 0.3 is 0 Å². The third-order valence-corrected chi connectivity index (χ3v) is 6.56. The average Bonchev–Trinajstić information content (AvgIpc) is 3.20. The molecule has 1 aromatic rings. The van der Waals surface area contributed by atoms with E-state index in [1.165, 1.54) is 0 Å². The van der Waals surface area contributed by atoms with Gasteiger partial charge in [0.15, 0.2) is 0 Å². The van der Waals surface area contributed by atoms with Crippen LogP contribution in [0.4, 0.5) is 5.69 Å². The third kappa shape index (κ3) is 1.86. The molecule has 1 saturated heterocycles. The highest BCUT2D eigenvalue weighted by atomic mass is 16.2. The Bertz CT molecular complexity index is 786. The number of fused-ring (bicyclic) bond motifs is 3. The number of nitrogens with zero attached hydrogens (tertiary/aromatic N) is 3. The van der Waals surface area contributed by atoms with Crippen molar-refractivity contribution in [1.82, 2.24) is 5.01 Å². The van der Waals surface area contributed by atoms with Crippen LogP contribution in [0.15, 0.2) is 41.5 Å². The van der Waals surface area contributed by atoms with Crippen molar-refractivity contribution >= 4 is 23.7 Å². The molecule has 5 rings (SSSR count). The third-order valence-electron chi connectivity index (χ3n) is 6.56. The molecule has 3 aliphatic carbocycles. The van der Waals surface area contributed by atoms with Gasteiger partial charge in [-0.25, -0.2) is 0 Å². The topological polar surface area (TPSA) is 53.0 Å². The summed E-state index contributed by atoms with van der Waals surface area (Å²) >= 11 is 0. The molecular weight excluding hydrogens is 314 g/mol. The van der Waals surface area contributed by atoms with Gasteiger partial charge in [0, 0.05) is 19.8 Å². The highest BCUT2D eigenvalue weighted by molar-refractivity contribution is 6.07. The highest BCUT2D eigenvalue weighted by Crippen LogP contribution is 2.73. The van der Waals surface area contributed by atoms with Gasteiger partial charge in [-0.1, -0.05) is 24.3 Å². The maximum atomic E-state index is 12.8. The van der Waals surface area contributed by atoms with Crippen molar-refractivity contribution in [2.75, 3.05) is 19.0 Å². The molecule has 0 N–H and O–H groups in total. The second-order valence-electron chi connectivity index (χ2n) is 7.94. The van der Waals surface area contributed by atoms with Gasteiger partial charge in [0.25, 0.3) is 11.8 Å². The second kappa shape index (κ2) is 4.81. The molecule has 1 aromatic carbocycles. The van der Waals surface area contributed by atoms with Gasteiger partial charge in [0.2, 0.25) is 0 Å². The summed E-state index contributed by atoms with van der Waals surface area (Å²) in [6.07, 6.45) is 8.28. The molecule has 4 atom stereocenters. The molecule has 0 aromatic heterocycles. The first-order chi connectivity index (χ1) is 12.0. The fourth-order valence-electron chi connectivity index (χ4n) is 5.16. The molecule has 5 nitrogen and oxygen atoms in total. The predicted molar refractivity (Wildman–Crippen MR) is 95.0 cm³/mol. The van der Waals surface area contributed by atoms with Crippen LogP contribution in [-0.4, -0.2) is 37.1 Å². The molecule has 25 heavy (non-hydrogen) atoms. The standard InChI is InChI=1S/C20H21N3O2/c1-22(2)13-5-3-12(4-6-13)11-21-23-18(24)16-14-7-8-15(17(16)19(23)25)20(14)9-10-20/h3-8,11,14-17H,9-10H2,1-2H3/b21-11-/t14-,15+,16-,17+. The van der Waals surface area contributed by atoms with Crippen LogP contribution < -0.4 is 4.90 Å². The van der Waals surface area contributed by atoms with E-state index >= 15 is 0 Å². The van der Waals surface area contributed by atoms with E-state index in [0.717, 1.165) is 29.1 Å². The smallest absolute Gasteiger partial charge is 0.254 e. The van der Waals surface area contributed by atoms with E-state index in [2.05, 4.69) is 17.3 Å². The van der Waals surface area contributed by atoms with E-state index in [4.69, 9.17) is 0 Å². The summed E-state index contributed by atoms with van der Waals surface area (Å²) in [5, 5.41) is 5.37. The number of hydrogen-bond donors (Lipinski definition) is 0. The minimum Gasteiger partial charge on any atom is -0.378 e. The number of benzene rings is 1. The molecule has 1 spiro atoms. The first-order valence-electron chi connectivity index (χ1n) is 8.90. The van der Waals surface area contributed by atoms with Crippen molar-refractivity contribution < 1.29 is 9.59 Å². The van der Waals surface area contributed by atoms with Crippen LogP contribution in [0.2, 0.25) is 0 Å². The van der Waals surface area contributed by atoms with Gasteiger partial charge in [0.05, 0.1) is 18.1 Å². The van der Waals surface area contributed by atoms with Crippen molar-refractivity contribution in [2.24, 2.45) is 34.2 Å². The number of anilines is 1. The van der Waals surface area contributed by atoms with E-state index in [9.17, 15) is 9.59 Å². The Hall–Kier alpha value is -2.43. The second-order valence-corrected chi connectivity index (χ2v) is 7.94. The van der Waals surface area contributed by atoms with Gasteiger partial charge in [-0.05, 0) is 47.8 Å². The molecule has 4 aliphatic rings. The van der Waals surface area contributed by atoms with E-state index in [1.807, 2.05) is 43.3 Å². The number of hydrogen-bond acceptors (Lipinski definition) is 4. The molecule has 2 saturated carbocycles. The van der Waals surface area contributed by atoms with E-state index in [-0.39, 0.29) is 40.9 Å². The zero-order valence-electron chi connectivity index (χ0n) is 14.4. The molecule has 0 radical (unpaired) electrons. The maximum Gasteiger partial charge on any atom is 0.254 e. The predicted octanol–water partition coefficient (Wildman–Crippen LogP) is 2.28. The SMILES string of the molecule is CN(C)c1ccc(/C=N\N2C(=O)[C@@H]3[C@H](C2=O)[C@H]2C=C[C@@H]3C23CC3)cc1. The quantitative estimate of drug-likeness (QED) is 0.484. The number of imide groups is 1. The lowest BCUT2D eigenvalue weighted by atomic mass is 9.85. The van der Waals surface area contributed by atoms with Gasteiger partial charge in [-0.3, -0.25) is 9.59 Å². The van der Waals surface area contributed by atoms with Crippen molar-refractivity contribution in [3.8, 4) is 0 Å². The summed E-state index contributed by atoms with van der Waals surface area (Å²) in [6, 6.07) is 7.86. The monoisotopic (exact) mass is 335 g/mol. The Morgan fingerprint density at radius 2 is 1.60 bits per heavy atom. The van der Waals surface area contributed by atoms with Crippen LogP contribution in [0, 0.1) is 29.1 Å². The molecule has 5 heteroatoms. The number of allylic oxidation sites excluding steroid dienone is 2. The van der Waals surface area contributed by atoms with Crippen LogP contribution in [0.5, 0.6) is 0 Å². The van der Waals surface area contributed by atoms with E-state index in [1.54, 1.807) is 6.21 Å². The van der Waals surface area contributed by atoms with Crippen molar-refractivity contribution in [2.45, 2.75) is 12.8 Å². The molecule has 2 amide bonds. The molecule has 2 bridgehead atoms. The van der Waals surface area contributed by atoms with Crippen LogP contribution in [-0.2, 0) is 9.59 Å². The van der Waals surface area contributed by atoms with Crippen LogP contribution >= 0.6 is 0 Å². The number of amides is 2. The van der Waals surface area contributed by atoms with E-state index in [0.29, 0.717) is 0 Å². The largest absolute Gasteiger partial charge is 0.378 e. The molecule has 0 unspecified atom stereocenters. The number of carbonyl (C=O) groups is 2. The zero-order valence-corrected chi connectivity index (χ0v) is 14.4. The lowest BCUT2D eigenvalue weighted by Gasteiger charge is -2.18. The van der Waals surface area contributed by atoms with E-state index < -0.39 is 0 Å². The molecule has 1 aliphatic heterocycles. The number of hydrazone groups is 1. The number of carbonyl (C=O) groups excluding carboxylic acids is 2. The summed E-state index contributed by atoms with van der Waals surface area (Å²) in [5.41, 5.74) is 2.21. The first-order valence-corrected chi connectivity index (χ1v) is 8.90. The fourth-order valence-corrected chi connectivity index (χ4v) is 5.16. The lowest BCUT2D eigenvalue weighted by Crippen LogP contribution is -2.30. The summed E-state index contributed by atoms with van der Waals surface area (Å²) in [7, 11) is 3.97. The van der Waals surface area contributed by atoms with Crippen molar-refractivity contribution in [1.29, 1.82) is 0 Å². The molecular formula is C20H21N3O2. The molecule has 1 heterocycles. The summed E-state index contributed by atoms with van der Waals surface area (Å²) in [5.74, 6) is -0.0906. The minimum absolute atomic E-state index is 0.112. The van der Waals surface area contributed by atoms with Gasteiger partial charge in [0.1, 0.15) is 0 Å². The Morgan fingerprint density at radius 3 is 2.08 bits per heavy atom. The lowest BCUT2D eigenvalue weighted by molar-refractivity contribution is -0.141. The Kier molecular flexibility index (Phi) is 2.86. The van der Waals surface area contributed by atoms with Gasteiger partial charge < -0.3 is 4.90 Å². The van der Waals surface area contributed by atoms with Gasteiger partial charge in [-0.15, -0.1) is 0 Å². The summed E-state index contributed by atoms with van der Waals surface area (Å²) in [4.78, 5) is 27.7. The van der Waals surface area contributed by atoms with Gasteiger partial charge in [-0.2, -0.15) is 10.1 Å².